The molecule has 0 spiro atoms. The van der Waals surface area contributed by atoms with Gasteiger partial charge in [-0.15, -0.1) is 0 Å². The third kappa shape index (κ3) is 4.27. The molecule has 94 valence electrons. The molecule has 0 saturated carbocycles. The van der Waals surface area contributed by atoms with E-state index in [9.17, 15) is 15.0 Å². The van der Waals surface area contributed by atoms with Crippen LogP contribution in [0, 0.1) is 0 Å². The van der Waals surface area contributed by atoms with E-state index in [2.05, 4.69) is 21.2 Å². The molecular weight excluding hydrogens is 309 g/mol. The summed E-state index contributed by atoms with van der Waals surface area (Å²) in [6.45, 7) is 1.34. The summed E-state index contributed by atoms with van der Waals surface area (Å²) in [6.07, 6.45) is -2.14. The maximum absolute atomic E-state index is 10.7. The first-order valence-electron chi connectivity index (χ1n) is 4.97. The minimum Gasteiger partial charge on any atom is -0.388 e. The van der Waals surface area contributed by atoms with Crippen LogP contribution in [-0.4, -0.2) is 28.8 Å². The van der Waals surface area contributed by atoms with Crippen molar-refractivity contribution in [3.05, 3.63) is 33.3 Å². The van der Waals surface area contributed by atoms with Gasteiger partial charge in [0.1, 0.15) is 12.2 Å². The Kier molecular flexibility index (Phi) is 5.39. The Morgan fingerprint density at radius 1 is 1.53 bits per heavy atom. The normalized spacial score (nSPS) is 14.2. The van der Waals surface area contributed by atoms with Gasteiger partial charge in [-0.25, -0.2) is 0 Å². The van der Waals surface area contributed by atoms with E-state index in [1.54, 1.807) is 18.2 Å². The molecule has 2 unspecified atom stereocenters. The predicted octanol–water partition coefficient (Wildman–Crippen LogP) is 1.63. The van der Waals surface area contributed by atoms with Crippen molar-refractivity contribution in [3.63, 3.8) is 0 Å². The molecule has 0 radical (unpaired) electrons. The lowest BCUT2D eigenvalue weighted by atomic mass is 10.0. The van der Waals surface area contributed by atoms with E-state index in [0.717, 1.165) is 0 Å². The van der Waals surface area contributed by atoms with E-state index < -0.39 is 12.2 Å². The maximum Gasteiger partial charge on any atom is 0.216 e. The van der Waals surface area contributed by atoms with E-state index in [-0.39, 0.29) is 12.5 Å². The van der Waals surface area contributed by atoms with Gasteiger partial charge in [0.25, 0.3) is 0 Å². The van der Waals surface area contributed by atoms with E-state index in [4.69, 9.17) is 11.6 Å². The van der Waals surface area contributed by atoms with Gasteiger partial charge in [0.2, 0.25) is 5.91 Å². The largest absolute Gasteiger partial charge is 0.388 e. The first kappa shape index (κ1) is 14.4. The average Bonchev–Trinajstić information content (AvgIpc) is 2.28. The number of hydrogen-bond acceptors (Lipinski definition) is 3. The zero-order valence-electron chi connectivity index (χ0n) is 9.15. The molecule has 0 aliphatic rings. The van der Waals surface area contributed by atoms with Crippen LogP contribution in [0.2, 0.25) is 5.02 Å². The van der Waals surface area contributed by atoms with Gasteiger partial charge in [0.15, 0.2) is 0 Å². The molecule has 1 rings (SSSR count). The topological polar surface area (TPSA) is 69.6 Å². The van der Waals surface area contributed by atoms with E-state index >= 15 is 0 Å². The molecule has 6 heteroatoms. The lowest BCUT2D eigenvalue weighted by Crippen LogP contribution is -2.34. The number of carbonyl (C=O) groups is 1. The number of hydrogen-bond donors (Lipinski definition) is 3. The van der Waals surface area contributed by atoms with Crippen molar-refractivity contribution in [2.45, 2.75) is 19.1 Å². The number of carbonyl (C=O) groups excluding carboxylic acids is 1. The van der Waals surface area contributed by atoms with Crippen molar-refractivity contribution in [2.24, 2.45) is 0 Å². The molecule has 3 N–H and O–H groups in total. The predicted molar refractivity (Wildman–Crippen MR) is 68.8 cm³/mol. The Balaban J connectivity index is 2.70. The van der Waals surface area contributed by atoms with Crippen LogP contribution in [0.1, 0.15) is 18.6 Å². The summed E-state index contributed by atoms with van der Waals surface area (Å²) in [5.41, 5.74) is 0.527. The van der Waals surface area contributed by atoms with E-state index in [1.807, 2.05) is 0 Å². The van der Waals surface area contributed by atoms with Crippen LogP contribution in [0.3, 0.4) is 0 Å². The molecule has 0 fully saturated rings. The van der Waals surface area contributed by atoms with Crippen molar-refractivity contribution < 1.29 is 15.0 Å². The highest BCUT2D eigenvalue weighted by molar-refractivity contribution is 9.10. The van der Waals surface area contributed by atoms with Gasteiger partial charge in [0, 0.05) is 17.9 Å². The second-order valence-electron chi connectivity index (χ2n) is 3.62. The Bertz CT molecular complexity index is 414. The summed E-state index contributed by atoms with van der Waals surface area (Å²) < 4.78 is 0.641. The minimum absolute atomic E-state index is 0.00323. The highest BCUT2D eigenvalue weighted by atomic mass is 79.9. The molecule has 0 aromatic heterocycles. The van der Waals surface area contributed by atoms with Gasteiger partial charge in [-0.05, 0) is 33.6 Å². The van der Waals surface area contributed by atoms with Crippen LogP contribution in [0.5, 0.6) is 0 Å². The molecule has 1 aromatic rings. The first-order chi connectivity index (χ1) is 7.91. The average molecular weight is 323 g/mol. The zero-order chi connectivity index (χ0) is 13.0. The van der Waals surface area contributed by atoms with Crippen LogP contribution < -0.4 is 5.32 Å². The SMILES string of the molecule is CC(=O)NCC(O)C(O)c1ccc(Cl)c(Br)c1. The number of nitrogens with one attached hydrogen (secondary N) is 1. The standard InChI is InChI=1S/C11H13BrClNO3/c1-6(15)14-5-10(16)11(17)7-2-3-9(13)8(12)4-7/h2-4,10-11,16-17H,5H2,1H3,(H,14,15). The number of rotatable bonds is 4. The lowest BCUT2D eigenvalue weighted by Gasteiger charge is -2.18. The zero-order valence-corrected chi connectivity index (χ0v) is 11.5. The third-order valence-corrected chi connectivity index (χ3v) is 3.42. The molecule has 4 nitrogen and oxygen atoms in total. The van der Waals surface area contributed by atoms with Gasteiger partial charge < -0.3 is 15.5 Å². The van der Waals surface area contributed by atoms with Crippen LogP contribution in [0.4, 0.5) is 0 Å². The molecule has 0 heterocycles. The highest BCUT2D eigenvalue weighted by Gasteiger charge is 2.19. The molecule has 17 heavy (non-hydrogen) atoms. The molecule has 2 atom stereocenters. The summed E-state index contributed by atoms with van der Waals surface area (Å²) in [5, 5.41) is 22.5. The quantitative estimate of drug-likeness (QED) is 0.789. The fraction of sp³-hybridized carbons (Fsp3) is 0.364. The summed E-state index contributed by atoms with van der Waals surface area (Å²) >= 11 is 9.05. The fourth-order valence-corrected chi connectivity index (χ4v) is 1.79. The lowest BCUT2D eigenvalue weighted by molar-refractivity contribution is -0.119. The molecule has 1 aromatic carbocycles. The number of halogens is 2. The molecule has 0 aliphatic heterocycles. The summed E-state index contributed by atoms with van der Waals surface area (Å²) in [4.78, 5) is 10.7. The minimum atomic E-state index is -1.07. The van der Waals surface area contributed by atoms with Crippen LogP contribution in [0.25, 0.3) is 0 Å². The molecular formula is C11H13BrClNO3. The van der Waals surface area contributed by atoms with Crippen molar-refractivity contribution in [2.75, 3.05) is 6.54 Å². The van der Waals surface area contributed by atoms with Crippen LogP contribution in [-0.2, 0) is 4.79 Å². The van der Waals surface area contributed by atoms with Gasteiger partial charge in [0.05, 0.1) is 5.02 Å². The van der Waals surface area contributed by atoms with Crippen molar-refractivity contribution in [3.8, 4) is 0 Å². The second kappa shape index (κ2) is 6.35. The Morgan fingerprint density at radius 2 is 2.18 bits per heavy atom. The molecule has 0 saturated heterocycles. The number of amides is 1. The van der Waals surface area contributed by atoms with Crippen molar-refractivity contribution >= 4 is 33.4 Å². The van der Waals surface area contributed by atoms with Crippen LogP contribution in [0.15, 0.2) is 22.7 Å². The molecule has 1 amide bonds. The smallest absolute Gasteiger partial charge is 0.216 e. The Morgan fingerprint density at radius 3 is 2.71 bits per heavy atom. The fourth-order valence-electron chi connectivity index (χ4n) is 1.28. The van der Waals surface area contributed by atoms with Crippen molar-refractivity contribution in [1.82, 2.24) is 5.32 Å². The molecule has 0 bridgehead atoms. The summed E-state index contributed by atoms with van der Waals surface area (Å²) in [5.74, 6) is -0.256. The van der Waals surface area contributed by atoms with Gasteiger partial charge >= 0.3 is 0 Å². The Hall–Kier alpha value is -0.620. The maximum atomic E-state index is 10.7. The van der Waals surface area contributed by atoms with Crippen molar-refractivity contribution in [1.29, 1.82) is 0 Å². The van der Waals surface area contributed by atoms with E-state index in [0.29, 0.717) is 15.1 Å². The second-order valence-corrected chi connectivity index (χ2v) is 4.88. The number of aliphatic hydroxyl groups excluding tert-OH is 2. The van der Waals surface area contributed by atoms with Crippen LogP contribution >= 0.6 is 27.5 Å². The summed E-state index contributed by atoms with van der Waals surface area (Å²) in [6, 6.07) is 4.87. The molecule has 0 aliphatic carbocycles. The van der Waals surface area contributed by atoms with Gasteiger partial charge in [-0.2, -0.15) is 0 Å². The monoisotopic (exact) mass is 321 g/mol. The highest BCUT2D eigenvalue weighted by Crippen LogP contribution is 2.27. The number of benzene rings is 1. The van der Waals surface area contributed by atoms with Gasteiger partial charge in [-0.3, -0.25) is 4.79 Å². The third-order valence-electron chi connectivity index (χ3n) is 2.21. The van der Waals surface area contributed by atoms with Gasteiger partial charge in [-0.1, -0.05) is 17.7 Å². The first-order valence-corrected chi connectivity index (χ1v) is 6.14. The van der Waals surface area contributed by atoms with E-state index in [1.165, 1.54) is 6.92 Å². The summed E-state index contributed by atoms with van der Waals surface area (Å²) in [7, 11) is 0. The Labute approximate surface area is 113 Å². The number of aliphatic hydroxyl groups is 2.